The molecule has 0 bridgehead atoms. The van der Waals surface area contributed by atoms with Crippen molar-refractivity contribution < 1.29 is 9.59 Å². The second-order valence-corrected chi connectivity index (χ2v) is 7.90. The van der Waals surface area contributed by atoms with Gasteiger partial charge in [-0.15, -0.1) is 0 Å². The average molecular weight is 466 g/mol. The summed E-state index contributed by atoms with van der Waals surface area (Å²) in [6, 6.07) is 14.9. The summed E-state index contributed by atoms with van der Waals surface area (Å²) in [6.07, 6.45) is 1.37. The first-order valence-corrected chi connectivity index (χ1v) is 9.73. The molecule has 2 aromatic carbocycles. The Kier molecular flexibility index (Phi) is 5.91. The Labute approximate surface area is 163 Å². The van der Waals surface area contributed by atoms with Crippen LogP contribution in [-0.4, -0.2) is 29.8 Å². The van der Waals surface area contributed by atoms with Crippen LogP contribution in [0.25, 0.3) is 0 Å². The maximum absolute atomic E-state index is 12.5. The van der Waals surface area contributed by atoms with Crippen LogP contribution in [0.4, 0.5) is 5.69 Å². The first kappa shape index (κ1) is 18.1. The molecule has 0 unspecified atom stereocenters. The number of rotatable bonds is 3. The van der Waals surface area contributed by atoms with Gasteiger partial charge in [-0.3, -0.25) is 9.59 Å². The molecule has 0 radical (unpaired) electrons. The molecule has 0 aliphatic carbocycles. The number of carbonyl (C=O) groups excluding carboxylic acids is 2. The number of hydrogen-bond donors (Lipinski definition) is 1. The van der Waals surface area contributed by atoms with E-state index in [1.807, 2.05) is 53.4 Å². The van der Waals surface area contributed by atoms with Gasteiger partial charge in [-0.1, -0.05) is 37.9 Å². The normalized spacial score (nSPS) is 15.0. The predicted molar refractivity (Wildman–Crippen MR) is 106 cm³/mol. The van der Waals surface area contributed by atoms with E-state index in [0.29, 0.717) is 31.5 Å². The van der Waals surface area contributed by atoms with E-state index in [9.17, 15) is 9.59 Å². The highest BCUT2D eigenvalue weighted by atomic mass is 79.9. The topological polar surface area (TPSA) is 49.4 Å². The molecule has 0 aromatic heterocycles. The number of amides is 2. The Morgan fingerprint density at radius 2 is 1.64 bits per heavy atom. The Balaban J connectivity index is 1.55. The van der Waals surface area contributed by atoms with Gasteiger partial charge in [0.25, 0.3) is 5.91 Å². The summed E-state index contributed by atoms with van der Waals surface area (Å²) in [5.41, 5.74) is 1.47. The zero-order chi connectivity index (χ0) is 17.8. The van der Waals surface area contributed by atoms with Crippen LogP contribution in [0.1, 0.15) is 23.2 Å². The lowest BCUT2D eigenvalue weighted by Crippen LogP contribution is -2.41. The van der Waals surface area contributed by atoms with Crippen LogP contribution in [-0.2, 0) is 4.79 Å². The van der Waals surface area contributed by atoms with Crippen LogP contribution in [0.15, 0.2) is 57.5 Å². The number of halogens is 2. The molecule has 3 rings (SSSR count). The quantitative estimate of drug-likeness (QED) is 0.713. The van der Waals surface area contributed by atoms with Gasteiger partial charge in [0.15, 0.2) is 0 Å². The fourth-order valence-corrected chi connectivity index (χ4v) is 3.59. The largest absolute Gasteiger partial charge is 0.339 e. The fraction of sp³-hybridized carbons (Fsp3) is 0.263. The molecule has 0 atom stereocenters. The van der Waals surface area contributed by atoms with E-state index < -0.39 is 0 Å². The Morgan fingerprint density at radius 1 is 0.960 bits per heavy atom. The van der Waals surface area contributed by atoms with Crippen molar-refractivity contribution in [2.24, 2.45) is 5.92 Å². The second-order valence-electron chi connectivity index (χ2n) is 6.07. The third-order valence-corrected chi connectivity index (χ3v) is 5.36. The molecule has 2 aromatic rings. The number of piperidine rings is 1. The molecule has 1 fully saturated rings. The number of anilines is 1. The van der Waals surface area contributed by atoms with Gasteiger partial charge in [-0.05, 0) is 55.3 Å². The highest BCUT2D eigenvalue weighted by Gasteiger charge is 2.27. The van der Waals surface area contributed by atoms with E-state index >= 15 is 0 Å². The smallest absolute Gasteiger partial charge is 0.253 e. The number of nitrogens with zero attached hydrogens (tertiary/aromatic N) is 1. The number of likely N-dealkylation sites (tertiary alicyclic amines) is 1. The van der Waals surface area contributed by atoms with E-state index in [0.717, 1.165) is 14.6 Å². The molecule has 25 heavy (non-hydrogen) atoms. The van der Waals surface area contributed by atoms with Gasteiger partial charge in [0, 0.05) is 39.2 Å². The van der Waals surface area contributed by atoms with Crippen molar-refractivity contribution in [2.75, 3.05) is 18.4 Å². The van der Waals surface area contributed by atoms with Crippen molar-refractivity contribution in [1.29, 1.82) is 0 Å². The van der Waals surface area contributed by atoms with Gasteiger partial charge < -0.3 is 10.2 Å². The third-order valence-electron chi connectivity index (χ3n) is 4.34. The maximum atomic E-state index is 12.5. The third kappa shape index (κ3) is 4.70. The molecule has 0 saturated carbocycles. The van der Waals surface area contributed by atoms with Crippen LogP contribution in [0.3, 0.4) is 0 Å². The Morgan fingerprint density at radius 3 is 2.28 bits per heavy atom. The molecule has 1 aliphatic heterocycles. The van der Waals surface area contributed by atoms with Crippen LogP contribution in [0, 0.1) is 5.92 Å². The monoisotopic (exact) mass is 464 g/mol. The molecular formula is C19H18Br2N2O2. The molecule has 4 nitrogen and oxygen atoms in total. The van der Waals surface area contributed by atoms with Crippen LogP contribution < -0.4 is 5.32 Å². The summed E-state index contributed by atoms with van der Waals surface area (Å²) in [5, 5.41) is 2.96. The molecule has 1 aliphatic rings. The highest BCUT2D eigenvalue weighted by Crippen LogP contribution is 2.22. The van der Waals surface area contributed by atoms with Crippen molar-refractivity contribution >= 4 is 49.4 Å². The molecule has 1 saturated heterocycles. The molecule has 2 amide bonds. The lowest BCUT2D eigenvalue weighted by Gasteiger charge is -2.31. The van der Waals surface area contributed by atoms with Crippen molar-refractivity contribution in [2.45, 2.75) is 12.8 Å². The standard InChI is InChI=1S/C19H18Br2N2O2/c20-15-6-4-14(5-7-15)19(25)23-10-8-13(9-11-23)18(24)22-17-3-1-2-16(21)12-17/h1-7,12-13H,8-11H2,(H,22,24). The van der Waals surface area contributed by atoms with Gasteiger partial charge in [-0.25, -0.2) is 0 Å². The van der Waals surface area contributed by atoms with Crippen molar-refractivity contribution in [3.8, 4) is 0 Å². The minimum Gasteiger partial charge on any atom is -0.339 e. The molecule has 1 heterocycles. The van der Waals surface area contributed by atoms with Crippen LogP contribution in [0.2, 0.25) is 0 Å². The fourth-order valence-electron chi connectivity index (χ4n) is 2.93. The highest BCUT2D eigenvalue weighted by molar-refractivity contribution is 9.10. The van der Waals surface area contributed by atoms with Gasteiger partial charge >= 0.3 is 0 Å². The number of benzene rings is 2. The van der Waals surface area contributed by atoms with E-state index in [1.54, 1.807) is 0 Å². The summed E-state index contributed by atoms with van der Waals surface area (Å²) in [7, 11) is 0. The number of hydrogen-bond acceptors (Lipinski definition) is 2. The average Bonchev–Trinajstić information content (AvgIpc) is 2.62. The summed E-state index contributed by atoms with van der Waals surface area (Å²) in [4.78, 5) is 26.8. The summed E-state index contributed by atoms with van der Waals surface area (Å²) < 4.78 is 1.88. The van der Waals surface area contributed by atoms with E-state index in [4.69, 9.17) is 0 Å². The molecule has 1 N–H and O–H groups in total. The lowest BCUT2D eigenvalue weighted by atomic mass is 9.95. The van der Waals surface area contributed by atoms with Gasteiger partial charge in [0.05, 0.1) is 0 Å². The summed E-state index contributed by atoms with van der Waals surface area (Å²) in [6.45, 7) is 1.21. The van der Waals surface area contributed by atoms with Crippen LogP contribution >= 0.6 is 31.9 Å². The van der Waals surface area contributed by atoms with Gasteiger partial charge in [0.1, 0.15) is 0 Å². The molecule has 0 spiro atoms. The Bertz CT molecular complexity index is 769. The van der Waals surface area contributed by atoms with Crippen LogP contribution in [0.5, 0.6) is 0 Å². The zero-order valence-electron chi connectivity index (χ0n) is 13.5. The first-order chi connectivity index (χ1) is 12.0. The van der Waals surface area contributed by atoms with E-state index in [-0.39, 0.29) is 17.7 Å². The lowest BCUT2D eigenvalue weighted by molar-refractivity contribution is -0.121. The maximum Gasteiger partial charge on any atom is 0.253 e. The second kappa shape index (κ2) is 8.15. The first-order valence-electron chi connectivity index (χ1n) is 8.14. The van der Waals surface area contributed by atoms with E-state index in [1.165, 1.54) is 0 Å². The zero-order valence-corrected chi connectivity index (χ0v) is 16.7. The van der Waals surface area contributed by atoms with E-state index in [2.05, 4.69) is 37.2 Å². The number of carbonyl (C=O) groups is 2. The summed E-state index contributed by atoms with van der Waals surface area (Å²) >= 11 is 6.77. The Hall–Kier alpha value is -1.66. The predicted octanol–water partition coefficient (Wildman–Crippen LogP) is 4.70. The minimum absolute atomic E-state index is 0.0221. The van der Waals surface area contributed by atoms with Crippen molar-refractivity contribution in [1.82, 2.24) is 4.90 Å². The van der Waals surface area contributed by atoms with Gasteiger partial charge in [-0.2, -0.15) is 0 Å². The van der Waals surface area contributed by atoms with Gasteiger partial charge in [0.2, 0.25) is 5.91 Å². The molecule has 130 valence electrons. The molecular weight excluding hydrogens is 448 g/mol. The summed E-state index contributed by atoms with van der Waals surface area (Å²) in [5.74, 6) is -0.0138. The minimum atomic E-state index is -0.0621. The SMILES string of the molecule is O=C(Nc1cccc(Br)c1)C1CCN(C(=O)c2ccc(Br)cc2)CC1. The van der Waals surface area contributed by atoms with Crippen molar-refractivity contribution in [3.63, 3.8) is 0 Å². The van der Waals surface area contributed by atoms with Crippen molar-refractivity contribution in [3.05, 3.63) is 63.0 Å². The molecule has 6 heteroatoms. The number of nitrogens with one attached hydrogen (secondary N) is 1.